The van der Waals surface area contributed by atoms with Crippen LogP contribution in [0.2, 0.25) is 0 Å². The number of hydrogen-bond acceptors (Lipinski definition) is 2. The molecule has 14 rings (SSSR count). The SMILES string of the molecule is Cc1c(OCC2CO2)c(C23CC4CC(CC(C4)C2)C3)c(C(C)C)c(C23CC4CC(CC(C4)C2)C3)c1C12CC3CC(CC(C3)C1)C2. The van der Waals surface area contributed by atoms with Crippen LogP contribution in [0.3, 0.4) is 0 Å². The number of rotatable bonds is 7. The second-order valence-electron chi connectivity index (χ2n) is 20.5. The summed E-state index contributed by atoms with van der Waals surface area (Å²) in [4.78, 5) is 0. The normalized spacial score (nSPS) is 51.1. The van der Waals surface area contributed by atoms with Crippen LogP contribution in [0.5, 0.6) is 5.75 Å². The Morgan fingerprint density at radius 1 is 0.556 bits per heavy atom. The Balaban J connectivity index is 1.20. The molecule has 2 heteroatoms. The first-order valence-electron chi connectivity index (χ1n) is 20.2. The van der Waals surface area contributed by atoms with Gasteiger partial charge in [-0.05, 0) is 215 Å². The van der Waals surface area contributed by atoms with Crippen LogP contribution >= 0.6 is 0 Å². The van der Waals surface area contributed by atoms with E-state index in [1.165, 1.54) is 102 Å². The highest BCUT2D eigenvalue weighted by Gasteiger charge is 2.60. The molecule has 12 bridgehead atoms. The fraction of sp³-hybridized carbons (Fsp3) is 0.860. The van der Waals surface area contributed by atoms with Gasteiger partial charge in [0.1, 0.15) is 18.5 Å². The monoisotopic (exact) mass is 608 g/mol. The molecule has 12 aliphatic carbocycles. The van der Waals surface area contributed by atoms with Crippen molar-refractivity contribution in [1.29, 1.82) is 0 Å². The molecule has 1 aromatic carbocycles. The largest absolute Gasteiger partial charge is 0.490 e. The van der Waals surface area contributed by atoms with Crippen molar-refractivity contribution in [1.82, 2.24) is 0 Å². The molecule has 0 aromatic heterocycles. The molecule has 13 fully saturated rings. The average Bonchev–Trinajstić information content (AvgIpc) is 3.78. The zero-order valence-corrected chi connectivity index (χ0v) is 28.8. The third-order valence-corrected chi connectivity index (χ3v) is 16.8. The summed E-state index contributed by atoms with van der Waals surface area (Å²) in [7, 11) is 0. The zero-order valence-electron chi connectivity index (χ0n) is 28.8. The van der Waals surface area contributed by atoms with Gasteiger partial charge < -0.3 is 9.47 Å². The highest BCUT2D eigenvalue weighted by atomic mass is 16.6. The minimum Gasteiger partial charge on any atom is -0.490 e. The molecule has 1 heterocycles. The molecule has 0 N–H and O–H groups in total. The summed E-state index contributed by atoms with van der Waals surface area (Å²) >= 11 is 0. The van der Waals surface area contributed by atoms with Crippen molar-refractivity contribution >= 4 is 0 Å². The maximum atomic E-state index is 7.33. The molecule has 0 radical (unpaired) electrons. The second-order valence-corrected chi connectivity index (χ2v) is 20.5. The van der Waals surface area contributed by atoms with Crippen LogP contribution in [0.4, 0.5) is 0 Å². The fourth-order valence-corrected chi connectivity index (χ4v) is 17.0. The third-order valence-electron chi connectivity index (χ3n) is 16.8. The van der Waals surface area contributed by atoms with Gasteiger partial charge in [0.05, 0.1) is 6.61 Å². The van der Waals surface area contributed by atoms with Crippen LogP contribution in [0, 0.1) is 60.2 Å². The van der Waals surface area contributed by atoms with E-state index in [2.05, 4.69) is 20.8 Å². The highest BCUT2D eigenvalue weighted by Crippen LogP contribution is 2.70. The van der Waals surface area contributed by atoms with Crippen molar-refractivity contribution in [2.24, 2.45) is 53.3 Å². The Kier molecular flexibility index (Phi) is 5.80. The lowest BCUT2D eigenvalue weighted by molar-refractivity contribution is -0.0197. The molecule has 45 heavy (non-hydrogen) atoms. The van der Waals surface area contributed by atoms with Gasteiger partial charge in [-0.15, -0.1) is 0 Å². The van der Waals surface area contributed by atoms with Crippen LogP contribution < -0.4 is 4.74 Å². The van der Waals surface area contributed by atoms with Crippen LogP contribution in [0.15, 0.2) is 0 Å². The van der Waals surface area contributed by atoms with Crippen molar-refractivity contribution in [2.45, 2.75) is 165 Å². The number of benzene rings is 1. The van der Waals surface area contributed by atoms with E-state index in [1.54, 1.807) is 30.4 Å². The Labute approximate surface area is 273 Å². The quantitative estimate of drug-likeness (QED) is 0.287. The lowest BCUT2D eigenvalue weighted by atomic mass is 9.42. The van der Waals surface area contributed by atoms with E-state index in [0.29, 0.717) is 28.3 Å². The summed E-state index contributed by atoms with van der Waals surface area (Å²) in [6, 6.07) is 0. The predicted octanol–water partition coefficient (Wildman–Crippen LogP) is 10.3. The summed E-state index contributed by atoms with van der Waals surface area (Å²) < 4.78 is 13.2. The first-order chi connectivity index (χ1) is 21.8. The minimum absolute atomic E-state index is 0.321. The highest BCUT2D eigenvalue weighted by molar-refractivity contribution is 5.65. The Bertz CT molecular complexity index is 1300. The lowest BCUT2D eigenvalue weighted by Crippen LogP contribution is -2.54. The van der Waals surface area contributed by atoms with Crippen molar-refractivity contribution in [3.05, 3.63) is 27.8 Å². The molecule has 13 aliphatic rings. The van der Waals surface area contributed by atoms with Crippen molar-refractivity contribution in [3.63, 3.8) is 0 Å². The van der Waals surface area contributed by atoms with Crippen LogP contribution in [-0.2, 0) is 21.0 Å². The van der Waals surface area contributed by atoms with Crippen LogP contribution in [-0.4, -0.2) is 19.3 Å². The molecule has 12 saturated carbocycles. The van der Waals surface area contributed by atoms with E-state index < -0.39 is 0 Å². The summed E-state index contributed by atoms with van der Waals surface area (Å²) in [6.45, 7) is 9.53. The third kappa shape index (κ3) is 4.02. The van der Waals surface area contributed by atoms with Crippen LogP contribution in [0.25, 0.3) is 0 Å². The van der Waals surface area contributed by atoms with E-state index in [1.807, 2.05) is 16.7 Å². The first-order valence-corrected chi connectivity index (χ1v) is 20.2. The van der Waals surface area contributed by atoms with Gasteiger partial charge in [-0.1, -0.05) is 13.8 Å². The number of epoxide rings is 1. The molecular formula is C43H60O2. The van der Waals surface area contributed by atoms with Crippen molar-refractivity contribution in [3.8, 4) is 5.75 Å². The minimum atomic E-state index is 0.321. The van der Waals surface area contributed by atoms with Gasteiger partial charge in [-0.3, -0.25) is 0 Å². The molecule has 1 aromatic rings. The molecule has 244 valence electrons. The zero-order chi connectivity index (χ0) is 29.9. The van der Waals surface area contributed by atoms with Gasteiger partial charge in [-0.2, -0.15) is 0 Å². The standard InChI is InChI=1S/C43H60O2/c1-24(2)36-38(42-16-29-7-30(17-42)9-31(8-29)18-42)37(41-13-26-4-27(14-41)6-28(5-26)15-41)25(3)40(45-23-35-22-44-35)39(36)43-19-32-10-33(20-43)12-34(11-32)21-43/h24,26-35H,4-23H2,1-3H3. The topological polar surface area (TPSA) is 21.8 Å². The smallest absolute Gasteiger partial charge is 0.126 e. The lowest BCUT2D eigenvalue weighted by Gasteiger charge is -2.63. The van der Waals surface area contributed by atoms with Gasteiger partial charge in [0.25, 0.3) is 0 Å². The van der Waals surface area contributed by atoms with Crippen LogP contribution in [0.1, 0.15) is 163 Å². The summed E-state index contributed by atoms with van der Waals surface area (Å²) in [5.41, 5.74) is 10.5. The average molecular weight is 609 g/mol. The molecule has 1 atom stereocenters. The Morgan fingerprint density at radius 3 is 1.22 bits per heavy atom. The van der Waals surface area contributed by atoms with Gasteiger partial charge in [0, 0.05) is 11.0 Å². The Morgan fingerprint density at radius 2 is 0.889 bits per heavy atom. The molecule has 0 amide bonds. The fourth-order valence-electron chi connectivity index (χ4n) is 17.0. The van der Waals surface area contributed by atoms with E-state index in [-0.39, 0.29) is 0 Å². The molecular weight excluding hydrogens is 548 g/mol. The van der Waals surface area contributed by atoms with E-state index in [4.69, 9.17) is 9.47 Å². The van der Waals surface area contributed by atoms with Gasteiger partial charge in [-0.25, -0.2) is 0 Å². The van der Waals surface area contributed by atoms with E-state index >= 15 is 0 Å². The maximum absolute atomic E-state index is 7.33. The van der Waals surface area contributed by atoms with E-state index in [0.717, 1.165) is 66.5 Å². The Hall–Kier alpha value is -1.02. The molecule has 1 aliphatic heterocycles. The van der Waals surface area contributed by atoms with Gasteiger partial charge in [0.15, 0.2) is 0 Å². The van der Waals surface area contributed by atoms with Gasteiger partial charge >= 0.3 is 0 Å². The van der Waals surface area contributed by atoms with Crippen molar-refractivity contribution < 1.29 is 9.47 Å². The number of ether oxygens (including phenoxy) is 2. The number of hydrogen-bond donors (Lipinski definition) is 0. The molecule has 1 saturated heterocycles. The maximum Gasteiger partial charge on any atom is 0.126 e. The summed E-state index contributed by atoms with van der Waals surface area (Å²) in [5, 5.41) is 0. The van der Waals surface area contributed by atoms with Gasteiger partial charge in [0.2, 0.25) is 0 Å². The molecule has 1 unspecified atom stereocenters. The molecule has 0 spiro atoms. The van der Waals surface area contributed by atoms with E-state index in [9.17, 15) is 0 Å². The second kappa shape index (κ2) is 9.36. The summed E-state index contributed by atoms with van der Waals surface area (Å²) in [5.74, 6) is 10.8. The summed E-state index contributed by atoms with van der Waals surface area (Å²) in [6.07, 6.45) is 27.5. The predicted molar refractivity (Wildman–Crippen MR) is 180 cm³/mol. The van der Waals surface area contributed by atoms with Crippen molar-refractivity contribution in [2.75, 3.05) is 13.2 Å². The first kappa shape index (κ1) is 27.9. The molecule has 2 nitrogen and oxygen atoms in total.